The number of amides is 2. The van der Waals surface area contributed by atoms with Gasteiger partial charge in [0.2, 0.25) is 5.91 Å². The molecule has 3 rings (SSSR count). The molecule has 1 fully saturated rings. The van der Waals surface area contributed by atoms with Gasteiger partial charge in [0.15, 0.2) is 0 Å². The van der Waals surface area contributed by atoms with Gasteiger partial charge in [0, 0.05) is 24.3 Å². The summed E-state index contributed by atoms with van der Waals surface area (Å²) in [4.78, 5) is 25.7. The number of carbonyl (C=O) groups is 2. The third kappa shape index (κ3) is 2.41. The van der Waals surface area contributed by atoms with Crippen molar-refractivity contribution in [2.24, 2.45) is 0 Å². The maximum absolute atomic E-state index is 12.5. The number of piperidine rings is 1. The molecule has 106 valence electrons. The van der Waals surface area contributed by atoms with E-state index in [-0.39, 0.29) is 11.8 Å². The first-order valence-corrected chi connectivity index (χ1v) is 7.06. The summed E-state index contributed by atoms with van der Waals surface area (Å²) in [7, 11) is 1.87. The minimum atomic E-state index is -0.00342. The quantitative estimate of drug-likeness (QED) is 0.845. The van der Waals surface area contributed by atoms with E-state index in [0.29, 0.717) is 18.0 Å². The number of rotatable bonds is 2. The Bertz CT molecular complexity index is 550. The molecule has 0 spiro atoms. The maximum Gasteiger partial charge on any atom is 0.253 e. The molecular weight excluding hydrogens is 254 g/mol. The van der Waals surface area contributed by atoms with Crippen molar-refractivity contribution in [3.63, 3.8) is 0 Å². The molecule has 2 amide bonds. The number of hydrogen-bond acceptors (Lipinski definition) is 3. The minimum absolute atomic E-state index is 0.00342. The maximum atomic E-state index is 12.5. The lowest BCUT2D eigenvalue weighted by Gasteiger charge is -2.31. The number of benzene rings is 1. The molecule has 0 atom stereocenters. The Morgan fingerprint density at radius 3 is 2.80 bits per heavy atom. The molecule has 5 heteroatoms. The summed E-state index contributed by atoms with van der Waals surface area (Å²) in [5.74, 6) is 0.0374. The monoisotopic (exact) mass is 273 g/mol. The summed E-state index contributed by atoms with van der Waals surface area (Å²) in [6, 6.07) is 5.76. The van der Waals surface area contributed by atoms with Crippen molar-refractivity contribution < 1.29 is 9.59 Å². The minimum Gasteiger partial charge on any atom is -0.339 e. The SMILES string of the molecule is CN(C(=O)c1ccc2c(c1)CC(=O)N2)C1CCNCC1. The average Bonchev–Trinajstić information content (AvgIpc) is 2.85. The fraction of sp³-hybridized carbons (Fsp3) is 0.467. The summed E-state index contributed by atoms with van der Waals surface area (Å²) >= 11 is 0. The van der Waals surface area contributed by atoms with E-state index in [1.54, 1.807) is 6.07 Å². The van der Waals surface area contributed by atoms with Crippen molar-refractivity contribution in [3.05, 3.63) is 29.3 Å². The van der Waals surface area contributed by atoms with Crippen LogP contribution in [0.4, 0.5) is 5.69 Å². The van der Waals surface area contributed by atoms with E-state index < -0.39 is 0 Å². The Morgan fingerprint density at radius 2 is 2.05 bits per heavy atom. The topological polar surface area (TPSA) is 61.4 Å². The Labute approximate surface area is 118 Å². The highest BCUT2D eigenvalue weighted by Crippen LogP contribution is 2.25. The summed E-state index contributed by atoms with van der Waals surface area (Å²) in [6.45, 7) is 1.93. The zero-order valence-electron chi connectivity index (χ0n) is 11.6. The van der Waals surface area contributed by atoms with E-state index >= 15 is 0 Å². The number of anilines is 1. The van der Waals surface area contributed by atoms with Gasteiger partial charge in [-0.2, -0.15) is 0 Å². The second kappa shape index (κ2) is 5.25. The molecule has 0 aromatic heterocycles. The average molecular weight is 273 g/mol. The van der Waals surface area contributed by atoms with E-state index in [1.165, 1.54) is 0 Å². The summed E-state index contributed by atoms with van der Waals surface area (Å²) in [5.41, 5.74) is 2.41. The van der Waals surface area contributed by atoms with Crippen LogP contribution in [0.3, 0.4) is 0 Å². The van der Waals surface area contributed by atoms with E-state index in [4.69, 9.17) is 0 Å². The summed E-state index contributed by atoms with van der Waals surface area (Å²) < 4.78 is 0. The van der Waals surface area contributed by atoms with Gasteiger partial charge in [0.1, 0.15) is 0 Å². The molecule has 5 nitrogen and oxygen atoms in total. The molecule has 2 aliphatic heterocycles. The summed E-state index contributed by atoms with van der Waals surface area (Å²) in [5, 5.41) is 6.09. The van der Waals surface area contributed by atoms with Crippen molar-refractivity contribution in [3.8, 4) is 0 Å². The van der Waals surface area contributed by atoms with Crippen molar-refractivity contribution in [2.45, 2.75) is 25.3 Å². The molecule has 0 bridgehead atoms. The predicted molar refractivity (Wildman–Crippen MR) is 76.8 cm³/mol. The number of nitrogens with one attached hydrogen (secondary N) is 2. The largest absolute Gasteiger partial charge is 0.339 e. The van der Waals surface area contributed by atoms with Crippen LogP contribution < -0.4 is 10.6 Å². The molecule has 20 heavy (non-hydrogen) atoms. The lowest BCUT2D eigenvalue weighted by molar-refractivity contribution is -0.115. The van der Waals surface area contributed by atoms with Crippen LogP contribution in [-0.4, -0.2) is 42.9 Å². The molecule has 1 saturated heterocycles. The van der Waals surface area contributed by atoms with Gasteiger partial charge in [0.25, 0.3) is 5.91 Å². The molecule has 2 N–H and O–H groups in total. The molecule has 1 aromatic carbocycles. The molecule has 2 aliphatic rings. The third-order valence-electron chi connectivity index (χ3n) is 4.15. The summed E-state index contributed by atoms with van der Waals surface area (Å²) in [6.07, 6.45) is 2.36. The van der Waals surface area contributed by atoms with E-state index in [9.17, 15) is 9.59 Å². The molecule has 1 aromatic rings. The number of nitrogens with zero attached hydrogens (tertiary/aromatic N) is 1. The first kappa shape index (κ1) is 13.1. The lowest BCUT2D eigenvalue weighted by atomic mass is 10.0. The fourth-order valence-electron chi connectivity index (χ4n) is 2.93. The van der Waals surface area contributed by atoms with Crippen molar-refractivity contribution in [2.75, 3.05) is 25.5 Å². The van der Waals surface area contributed by atoms with E-state index in [2.05, 4.69) is 10.6 Å². The van der Waals surface area contributed by atoms with Crippen LogP contribution in [0.1, 0.15) is 28.8 Å². The van der Waals surface area contributed by atoms with Gasteiger partial charge in [0.05, 0.1) is 6.42 Å². The van der Waals surface area contributed by atoms with E-state index in [1.807, 2.05) is 24.1 Å². The normalized spacial score (nSPS) is 18.6. The lowest BCUT2D eigenvalue weighted by Crippen LogP contribution is -2.43. The second-order valence-corrected chi connectivity index (χ2v) is 5.49. The van der Waals surface area contributed by atoms with Crippen LogP contribution in [0.15, 0.2) is 18.2 Å². The molecule has 2 heterocycles. The van der Waals surface area contributed by atoms with Crippen LogP contribution in [0.5, 0.6) is 0 Å². The van der Waals surface area contributed by atoms with Crippen molar-refractivity contribution >= 4 is 17.5 Å². The zero-order valence-corrected chi connectivity index (χ0v) is 11.6. The Morgan fingerprint density at radius 1 is 1.30 bits per heavy atom. The highest BCUT2D eigenvalue weighted by atomic mass is 16.2. The van der Waals surface area contributed by atoms with Crippen LogP contribution >= 0.6 is 0 Å². The standard InChI is InChI=1S/C15H19N3O2/c1-18(12-4-6-16-7-5-12)15(20)10-2-3-13-11(8-10)9-14(19)17-13/h2-3,8,12,16H,4-7,9H2,1H3,(H,17,19). The van der Waals surface area contributed by atoms with Gasteiger partial charge in [-0.1, -0.05) is 0 Å². The van der Waals surface area contributed by atoms with Gasteiger partial charge in [-0.15, -0.1) is 0 Å². The molecule has 0 saturated carbocycles. The molecule has 0 radical (unpaired) electrons. The van der Waals surface area contributed by atoms with Gasteiger partial charge in [-0.25, -0.2) is 0 Å². The second-order valence-electron chi connectivity index (χ2n) is 5.49. The first-order chi connectivity index (χ1) is 9.65. The van der Waals surface area contributed by atoms with Gasteiger partial charge < -0.3 is 15.5 Å². The van der Waals surface area contributed by atoms with Crippen LogP contribution in [-0.2, 0) is 11.2 Å². The fourth-order valence-corrected chi connectivity index (χ4v) is 2.93. The number of hydrogen-bond donors (Lipinski definition) is 2. The van der Waals surface area contributed by atoms with Gasteiger partial charge in [-0.3, -0.25) is 9.59 Å². The highest BCUT2D eigenvalue weighted by Gasteiger charge is 2.24. The van der Waals surface area contributed by atoms with Gasteiger partial charge >= 0.3 is 0 Å². The van der Waals surface area contributed by atoms with Crippen LogP contribution in [0.2, 0.25) is 0 Å². The third-order valence-corrected chi connectivity index (χ3v) is 4.15. The number of fused-ring (bicyclic) bond motifs is 1. The van der Waals surface area contributed by atoms with Crippen molar-refractivity contribution in [1.29, 1.82) is 0 Å². The van der Waals surface area contributed by atoms with E-state index in [0.717, 1.165) is 37.2 Å². The first-order valence-electron chi connectivity index (χ1n) is 7.06. The Kier molecular flexibility index (Phi) is 3.44. The highest BCUT2D eigenvalue weighted by molar-refractivity contribution is 6.01. The molecule has 0 aliphatic carbocycles. The zero-order chi connectivity index (χ0) is 14.1. The van der Waals surface area contributed by atoms with Crippen LogP contribution in [0.25, 0.3) is 0 Å². The van der Waals surface area contributed by atoms with Gasteiger partial charge in [-0.05, 0) is 49.7 Å². The molecular formula is C15H19N3O2. The smallest absolute Gasteiger partial charge is 0.253 e. The molecule has 0 unspecified atom stereocenters. The predicted octanol–water partition coefficient (Wildman–Crippen LogP) is 1.01. The Balaban J connectivity index is 1.77. The van der Waals surface area contributed by atoms with Crippen LogP contribution in [0, 0.1) is 0 Å². The number of carbonyl (C=O) groups excluding carboxylic acids is 2. The Hall–Kier alpha value is -1.88. The van der Waals surface area contributed by atoms with Crippen molar-refractivity contribution in [1.82, 2.24) is 10.2 Å².